The summed E-state index contributed by atoms with van der Waals surface area (Å²) in [4.78, 5) is 54.4. The van der Waals surface area contributed by atoms with Crippen molar-refractivity contribution in [2.75, 3.05) is 20.2 Å². The predicted octanol–water partition coefficient (Wildman–Crippen LogP) is 5.50. The normalized spacial score (nSPS) is 13.3. The van der Waals surface area contributed by atoms with Crippen LogP contribution in [0.25, 0.3) is 10.8 Å². The van der Waals surface area contributed by atoms with Crippen LogP contribution < -0.4 is 5.32 Å². The minimum absolute atomic E-state index is 0.00766. The minimum atomic E-state index is -0.576. The van der Waals surface area contributed by atoms with Crippen LogP contribution in [0.3, 0.4) is 0 Å². The van der Waals surface area contributed by atoms with Crippen LogP contribution in [0.2, 0.25) is 5.02 Å². The van der Waals surface area contributed by atoms with Gasteiger partial charge in [0.25, 0.3) is 0 Å². The second-order valence-electron chi connectivity index (χ2n) is 11.5. The summed E-state index contributed by atoms with van der Waals surface area (Å²) in [6.07, 6.45) is 4.31. The third kappa shape index (κ3) is 8.39. The number of hydrogen-bond donors (Lipinski definition) is 2. The number of benzene rings is 2. The van der Waals surface area contributed by atoms with E-state index in [2.05, 4.69) is 20.3 Å². The van der Waals surface area contributed by atoms with Gasteiger partial charge in [-0.2, -0.15) is 0 Å². The molecule has 0 aliphatic carbocycles. The van der Waals surface area contributed by atoms with E-state index in [0.717, 1.165) is 33.7 Å². The van der Waals surface area contributed by atoms with Crippen LogP contribution in [-0.4, -0.2) is 68.9 Å². The molecule has 0 spiro atoms. The summed E-state index contributed by atoms with van der Waals surface area (Å²) in [6, 6.07) is 13.3. The molecule has 0 radical (unpaired) electrons. The molecule has 12 heteroatoms. The Bertz CT molecular complexity index is 1710. The van der Waals surface area contributed by atoms with E-state index in [-0.39, 0.29) is 43.3 Å². The number of nitrogens with one attached hydrogen (secondary N) is 2. The maximum atomic E-state index is 13.9. The van der Waals surface area contributed by atoms with Crippen LogP contribution in [0.1, 0.15) is 54.2 Å². The molecule has 0 bridgehead atoms. The number of imidazole rings is 1. The van der Waals surface area contributed by atoms with Gasteiger partial charge in [-0.25, -0.2) is 14.2 Å². The molecule has 1 aliphatic rings. The van der Waals surface area contributed by atoms with Crippen molar-refractivity contribution in [1.82, 2.24) is 30.1 Å². The van der Waals surface area contributed by atoms with Gasteiger partial charge in [0, 0.05) is 56.7 Å². The van der Waals surface area contributed by atoms with Gasteiger partial charge in [-0.05, 0) is 49.3 Å². The Hall–Kier alpha value is -4.51. The van der Waals surface area contributed by atoms with Crippen molar-refractivity contribution in [2.24, 2.45) is 0 Å². The number of urea groups is 1. The first kappa shape index (κ1) is 32.9. The van der Waals surface area contributed by atoms with E-state index in [1.807, 2.05) is 43.5 Å². The number of rotatable bonds is 12. The number of ether oxygens (including phenoxy) is 1. The van der Waals surface area contributed by atoms with Gasteiger partial charge < -0.3 is 24.8 Å². The SMILES string of the molecule is Cc1nc2c([nH]1)CN(C(=O)CC[C@@H](COC(=O)CCCc1cc3ccccc3cn1)N(C)C(=O)NCc1cccc(F)c1Cl)CC2. The van der Waals surface area contributed by atoms with Crippen molar-refractivity contribution in [3.05, 3.63) is 94.0 Å². The summed E-state index contributed by atoms with van der Waals surface area (Å²) in [6.45, 7) is 2.83. The number of aryl methyl sites for hydroxylation is 2. The molecule has 5 rings (SSSR count). The number of esters is 1. The standard InChI is InChI=1S/C34H38ClFN6O4/c1-22-39-29-15-16-42(20-30(29)40-22)31(43)14-13-27(41(2)34(45)38-19-25-9-5-11-28(36)33(25)35)21-46-32(44)12-6-10-26-17-23-7-3-4-8-24(23)18-37-26/h3-5,7-9,11,17-18,27H,6,10,12-16,19-21H2,1-2H3,(H,38,45)(H,39,40)/t27-/m0/s1. The molecule has 10 nitrogen and oxygen atoms in total. The van der Waals surface area contributed by atoms with E-state index in [1.165, 1.54) is 17.0 Å². The minimum Gasteiger partial charge on any atom is -0.463 e. The Labute approximate surface area is 272 Å². The topological polar surface area (TPSA) is 121 Å². The van der Waals surface area contributed by atoms with E-state index in [4.69, 9.17) is 16.3 Å². The van der Waals surface area contributed by atoms with Crippen LogP contribution in [-0.2, 0) is 40.3 Å². The third-order valence-corrected chi connectivity index (χ3v) is 8.69. The number of carbonyl (C=O) groups is 3. The number of likely N-dealkylation sites (N-methyl/N-ethyl adjacent to an activating group) is 1. The average molecular weight is 649 g/mol. The number of carbonyl (C=O) groups excluding carboxylic acids is 3. The number of amides is 3. The number of halogens is 2. The number of H-pyrrole nitrogens is 1. The maximum Gasteiger partial charge on any atom is 0.317 e. The van der Waals surface area contributed by atoms with Gasteiger partial charge in [-0.15, -0.1) is 0 Å². The van der Waals surface area contributed by atoms with Gasteiger partial charge in [0.1, 0.15) is 18.2 Å². The fraction of sp³-hybridized carbons (Fsp3) is 0.382. The lowest BCUT2D eigenvalue weighted by atomic mass is 10.1. The molecule has 4 aromatic rings. The highest BCUT2D eigenvalue weighted by atomic mass is 35.5. The zero-order chi connectivity index (χ0) is 32.6. The lowest BCUT2D eigenvalue weighted by molar-refractivity contribution is -0.145. The van der Waals surface area contributed by atoms with Crippen molar-refractivity contribution in [3.63, 3.8) is 0 Å². The monoisotopic (exact) mass is 648 g/mol. The molecule has 2 aromatic carbocycles. The van der Waals surface area contributed by atoms with Gasteiger partial charge in [-0.1, -0.05) is 48.0 Å². The Kier molecular flexibility index (Phi) is 10.8. The fourth-order valence-electron chi connectivity index (χ4n) is 5.57. The van der Waals surface area contributed by atoms with Crippen molar-refractivity contribution in [1.29, 1.82) is 0 Å². The highest BCUT2D eigenvalue weighted by Gasteiger charge is 2.27. The van der Waals surface area contributed by atoms with Crippen LogP contribution in [0.15, 0.2) is 54.7 Å². The number of aromatic nitrogens is 3. The summed E-state index contributed by atoms with van der Waals surface area (Å²) in [5.74, 6) is -0.202. The molecule has 3 heterocycles. The first-order valence-electron chi connectivity index (χ1n) is 15.4. The molecule has 242 valence electrons. The molecule has 1 aliphatic heterocycles. The van der Waals surface area contributed by atoms with Crippen molar-refractivity contribution >= 4 is 40.3 Å². The molecule has 46 heavy (non-hydrogen) atoms. The molecule has 2 N–H and O–H groups in total. The Morgan fingerprint density at radius 2 is 1.96 bits per heavy atom. The van der Waals surface area contributed by atoms with Crippen LogP contribution in [0.5, 0.6) is 0 Å². The van der Waals surface area contributed by atoms with Crippen LogP contribution >= 0.6 is 11.6 Å². The van der Waals surface area contributed by atoms with Crippen molar-refractivity contribution < 1.29 is 23.5 Å². The Morgan fingerprint density at radius 3 is 2.78 bits per heavy atom. The van der Waals surface area contributed by atoms with Crippen LogP contribution in [0.4, 0.5) is 9.18 Å². The molecule has 3 amide bonds. The van der Waals surface area contributed by atoms with E-state index in [0.29, 0.717) is 37.9 Å². The van der Waals surface area contributed by atoms with Gasteiger partial charge in [0.15, 0.2) is 0 Å². The van der Waals surface area contributed by atoms with Gasteiger partial charge in [0.2, 0.25) is 5.91 Å². The highest BCUT2D eigenvalue weighted by Crippen LogP contribution is 2.21. The Morgan fingerprint density at radius 1 is 1.15 bits per heavy atom. The van der Waals surface area contributed by atoms with Gasteiger partial charge in [0.05, 0.1) is 29.0 Å². The van der Waals surface area contributed by atoms with E-state index < -0.39 is 23.9 Å². The summed E-state index contributed by atoms with van der Waals surface area (Å²) in [7, 11) is 1.58. The summed E-state index contributed by atoms with van der Waals surface area (Å²) >= 11 is 6.05. The molecule has 0 saturated carbocycles. The lowest BCUT2D eigenvalue weighted by Gasteiger charge is -2.30. The predicted molar refractivity (Wildman–Crippen MR) is 173 cm³/mol. The first-order chi connectivity index (χ1) is 22.2. The summed E-state index contributed by atoms with van der Waals surface area (Å²) in [5.41, 5.74) is 3.25. The van der Waals surface area contributed by atoms with Crippen molar-refractivity contribution in [3.8, 4) is 0 Å². The number of fused-ring (bicyclic) bond motifs is 2. The zero-order valence-corrected chi connectivity index (χ0v) is 26.8. The lowest BCUT2D eigenvalue weighted by Crippen LogP contribution is -2.46. The molecule has 1 atom stereocenters. The highest BCUT2D eigenvalue weighted by molar-refractivity contribution is 6.31. The molecular weight excluding hydrogens is 611 g/mol. The van der Waals surface area contributed by atoms with Gasteiger partial charge in [-0.3, -0.25) is 14.6 Å². The van der Waals surface area contributed by atoms with E-state index in [1.54, 1.807) is 18.0 Å². The van der Waals surface area contributed by atoms with Crippen molar-refractivity contribution in [2.45, 2.75) is 64.6 Å². The smallest absolute Gasteiger partial charge is 0.317 e. The van der Waals surface area contributed by atoms with Gasteiger partial charge >= 0.3 is 12.0 Å². The Balaban J connectivity index is 1.16. The molecular formula is C34H38ClFN6O4. The maximum absolute atomic E-state index is 13.9. The third-order valence-electron chi connectivity index (χ3n) is 8.26. The van der Waals surface area contributed by atoms with Crippen LogP contribution in [0, 0.1) is 12.7 Å². The molecule has 0 saturated heterocycles. The summed E-state index contributed by atoms with van der Waals surface area (Å²) in [5, 5.41) is 4.84. The molecule has 0 unspecified atom stereocenters. The second-order valence-corrected chi connectivity index (χ2v) is 11.9. The second kappa shape index (κ2) is 15.2. The number of hydrogen-bond acceptors (Lipinski definition) is 6. The molecule has 2 aromatic heterocycles. The summed E-state index contributed by atoms with van der Waals surface area (Å²) < 4.78 is 19.5. The average Bonchev–Trinajstić information content (AvgIpc) is 3.44. The fourth-order valence-corrected chi connectivity index (χ4v) is 5.77. The zero-order valence-electron chi connectivity index (χ0n) is 26.0. The van der Waals surface area contributed by atoms with E-state index in [9.17, 15) is 18.8 Å². The quantitative estimate of drug-likeness (QED) is 0.196. The largest absolute Gasteiger partial charge is 0.463 e. The number of pyridine rings is 1. The molecule has 0 fully saturated rings. The number of nitrogens with zero attached hydrogens (tertiary/aromatic N) is 4. The number of aromatic amines is 1. The van der Waals surface area contributed by atoms with E-state index >= 15 is 0 Å². The first-order valence-corrected chi connectivity index (χ1v) is 15.8.